The lowest BCUT2D eigenvalue weighted by Crippen LogP contribution is -1.84. The number of benzene rings is 1. The maximum absolute atomic E-state index is 13.5. The van der Waals surface area contributed by atoms with E-state index in [0.29, 0.717) is 22.1 Å². The van der Waals surface area contributed by atoms with Crippen molar-refractivity contribution in [3.8, 4) is 11.3 Å². The van der Waals surface area contributed by atoms with E-state index in [9.17, 15) is 4.39 Å². The van der Waals surface area contributed by atoms with Gasteiger partial charge in [-0.3, -0.25) is 4.40 Å². The molecule has 2 aromatic heterocycles. The zero-order valence-electron chi connectivity index (χ0n) is 8.94. The van der Waals surface area contributed by atoms with Crippen LogP contribution in [0.1, 0.15) is 0 Å². The van der Waals surface area contributed by atoms with Gasteiger partial charge in [0.05, 0.1) is 15.7 Å². The summed E-state index contributed by atoms with van der Waals surface area (Å²) < 4.78 is 15.2. The van der Waals surface area contributed by atoms with Crippen LogP contribution in [0.25, 0.3) is 17.0 Å². The number of aromatic nitrogens is 3. The Bertz CT molecular complexity index is 706. The second kappa shape index (κ2) is 4.23. The molecule has 3 rings (SSSR count). The third-order valence-corrected chi connectivity index (χ3v) is 3.12. The average Bonchev–Trinajstić information content (AvgIpc) is 2.77. The van der Waals surface area contributed by atoms with E-state index in [1.165, 1.54) is 12.1 Å². The second-order valence-corrected chi connectivity index (χ2v) is 4.51. The van der Waals surface area contributed by atoms with Gasteiger partial charge in [-0.1, -0.05) is 23.2 Å². The Hall–Kier alpha value is -1.65. The third kappa shape index (κ3) is 1.83. The van der Waals surface area contributed by atoms with Crippen LogP contribution in [0.5, 0.6) is 0 Å². The molecular weight excluding hydrogens is 276 g/mol. The highest BCUT2D eigenvalue weighted by Crippen LogP contribution is 2.31. The van der Waals surface area contributed by atoms with Crippen LogP contribution in [-0.2, 0) is 0 Å². The first-order valence-electron chi connectivity index (χ1n) is 5.10. The normalized spacial score (nSPS) is 11.1. The van der Waals surface area contributed by atoms with E-state index in [1.807, 2.05) is 0 Å². The number of halogens is 3. The molecule has 0 unspecified atom stereocenters. The highest BCUT2D eigenvalue weighted by atomic mass is 35.5. The Morgan fingerprint density at radius 1 is 1.17 bits per heavy atom. The molecule has 0 saturated carbocycles. The van der Waals surface area contributed by atoms with Crippen molar-refractivity contribution in [1.82, 2.24) is 14.4 Å². The number of hydrogen-bond acceptors (Lipinski definition) is 2. The lowest BCUT2D eigenvalue weighted by atomic mass is 10.1. The van der Waals surface area contributed by atoms with Crippen LogP contribution in [0.15, 0.2) is 36.8 Å². The molecule has 90 valence electrons. The van der Waals surface area contributed by atoms with Crippen molar-refractivity contribution in [3.05, 3.63) is 52.7 Å². The zero-order chi connectivity index (χ0) is 12.7. The molecule has 0 fully saturated rings. The average molecular weight is 282 g/mol. The topological polar surface area (TPSA) is 30.2 Å². The summed E-state index contributed by atoms with van der Waals surface area (Å²) in [6.45, 7) is 0. The number of rotatable bonds is 1. The van der Waals surface area contributed by atoms with Crippen LogP contribution in [-0.4, -0.2) is 14.4 Å². The highest BCUT2D eigenvalue weighted by molar-refractivity contribution is 6.36. The van der Waals surface area contributed by atoms with Gasteiger partial charge >= 0.3 is 0 Å². The van der Waals surface area contributed by atoms with Gasteiger partial charge in [0.1, 0.15) is 5.82 Å². The lowest BCUT2D eigenvalue weighted by Gasteiger charge is -2.02. The smallest absolute Gasteiger partial charge is 0.234 e. The Labute approximate surface area is 112 Å². The first kappa shape index (κ1) is 11.4. The van der Waals surface area contributed by atoms with E-state index < -0.39 is 5.82 Å². The van der Waals surface area contributed by atoms with Crippen LogP contribution in [0.2, 0.25) is 10.0 Å². The maximum Gasteiger partial charge on any atom is 0.234 e. The minimum absolute atomic E-state index is 0.00867. The van der Waals surface area contributed by atoms with Gasteiger partial charge in [0.25, 0.3) is 0 Å². The van der Waals surface area contributed by atoms with Crippen molar-refractivity contribution in [3.63, 3.8) is 0 Å². The summed E-state index contributed by atoms with van der Waals surface area (Å²) in [4.78, 5) is 8.36. The first-order chi connectivity index (χ1) is 8.65. The Morgan fingerprint density at radius 2 is 2.00 bits per heavy atom. The van der Waals surface area contributed by atoms with Crippen LogP contribution in [0.3, 0.4) is 0 Å². The van der Waals surface area contributed by atoms with Crippen LogP contribution in [0.4, 0.5) is 4.39 Å². The minimum Gasteiger partial charge on any atom is -0.291 e. The molecule has 0 atom stereocenters. The van der Waals surface area contributed by atoms with Crippen molar-refractivity contribution in [2.24, 2.45) is 0 Å². The Morgan fingerprint density at radius 3 is 2.78 bits per heavy atom. The molecule has 0 radical (unpaired) electrons. The van der Waals surface area contributed by atoms with Gasteiger partial charge in [-0.05, 0) is 18.2 Å². The quantitative estimate of drug-likeness (QED) is 0.635. The molecule has 0 aliphatic carbocycles. The van der Waals surface area contributed by atoms with Gasteiger partial charge in [0.2, 0.25) is 5.78 Å². The summed E-state index contributed by atoms with van der Waals surface area (Å²) in [7, 11) is 0. The number of fused-ring (bicyclic) bond motifs is 1. The summed E-state index contributed by atoms with van der Waals surface area (Å²) in [6.07, 6.45) is 5.17. The van der Waals surface area contributed by atoms with E-state index in [-0.39, 0.29) is 5.02 Å². The fraction of sp³-hybridized carbons (Fsp3) is 0. The van der Waals surface area contributed by atoms with E-state index in [0.717, 1.165) is 0 Å². The summed E-state index contributed by atoms with van der Waals surface area (Å²) in [6, 6.07) is 4.42. The van der Waals surface area contributed by atoms with E-state index in [2.05, 4.69) is 9.97 Å². The van der Waals surface area contributed by atoms with Gasteiger partial charge in [0, 0.05) is 24.2 Å². The molecule has 0 bridgehead atoms. The summed E-state index contributed by atoms with van der Waals surface area (Å²) in [5.41, 5.74) is 1.04. The summed E-state index contributed by atoms with van der Waals surface area (Å²) in [5, 5.41) is 0.343. The maximum atomic E-state index is 13.5. The molecule has 0 amide bonds. The monoisotopic (exact) mass is 281 g/mol. The molecule has 0 N–H and O–H groups in total. The standard InChI is InChI=1S/C12H6Cl2FN3/c13-8-5-9(14)10(15)4-7(8)11-6-18-3-1-2-16-12(18)17-11/h1-6H. The van der Waals surface area contributed by atoms with Gasteiger partial charge < -0.3 is 0 Å². The van der Waals surface area contributed by atoms with Crippen molar-refractivity contribution in [2.75, 3.05) is 0 Å². The van der Waals surface area contributed by atoms with Gasteiger partial charge in [-0.25, -0.2) is 14.4 Å². The molecule has 0 saturated heterocycles. The SMILES string of the molecule is Fc1cc(-c2cn3cccnc3n2)c(Cl)cc1Cl. The minimum atomic E-state index is -0.527. The second-order valence-electron chi connectivity index (χ2n) is 3.70. The lowest BCUT2D eigenvalue weighted by molar-refractivity contribution is 0.628. The van der Waals surface area contributed by atoms with Crippen LogP contribution < -0.4 is 0 Å². The van der Waals surface area contributed by atoms with E-state index in [4.69, 9.17) is 23.2 Å². The molecule has 2 heterocycles. The fourth-order valence-corrected chi connectivity index (χ4v) is 2.16. The Balaban J connectivity index is 2.22. The van der Waals surface area contributed by atoms with Crippen molar-refractivity contribution >= 4 is 29.0 Å². The number of hydrogen-bond donors (Lipinski definition) is 0. The molecule has 0 spiro atoms. The predicted octanol–water partition coefficient (Wildman–Crippen LogP) is 3.84. The summed E-state index contributed by atoms with van der Waals surface area (Å²) in [5.74, 6) is 0.00000630. The highest BCUT2D eigenvalue weighted by Gasteiger charge is 2.12. The van der Waals surface area contributed by atoms with Gasteiger partial charge in [0.15, 0.2) is 0 Å². The summed E-state index contributed by atoms with van der Waals surface area (Å²) >= 11 is 11.7. The third-order valence-electron chi connectivity index (χ3n) is 2.52. The molecule has 18 heavy (non-hydrogen) atoms. The molecule has 6 heteroatoms. The van der Waals surface area contributed by atoms with Gasteiger partial charge in [-0.2, -0.15) is 0 Å². The molecular formula is C12H6Cl2FN3. The van der Waals surface area contributed by atoms with Crippen LogP contribution >= 0.6 is 23.2 Å². The fourth-order valence-electron chi connectivity index (χ4n) is 1.68. The largest absolute Gasteiger partial charge is 0.291 e. The zero-order valence-corrected chi connectivity index (χ0v) is 10.5. The molecule has 1 aromatic carbocycles. The van der Waals surface area contributed by atoms with Gasteiger partial charge in [-0.15, -0.1) is 0 Å². The van der Waals surface area contributed by atoms with E-state index >= 15 is 0 Å². The molecule has 0 aliphatic rings. The molecule has 3 aromatic rings. The number of nitrogens with zero attached hydrogens (tertiary/aromatic N) is 3. The van der Waals surface area contributed by atoms with E-state index in [1.54, 1.807) is 29.1 Å². The predicted molar refractivity (Wildman–Crippen MR) is 68.4 cm³/mol. The first-order valence-corrected chi connectivity index (χ1v) is 5.85. The number of imidazole rings is 1. The van der Waals surface area contributed by atoms with Crippen LogP contribution in [0, 0.1) is 5.82 Å². The van der Waals surface area contributed by atoms with Crippen molar-refractivity contribution < 1.29 is 4.39 Å². The molecule has 0 aliphatic heterocycles. The van der Waals surface area contributed by atoms with Crippen molar-refractivity contribution in [2.45, 2.75) is 0 Å². The Kier molecular flexibility index (Phi) is 2.69. The molecule has 3 nitrogen and oxygen atoms in total. The van der Waals surface area contributed by atoms with Crippen molar-refractivity contribution in [1.29, 1.82) is 0 Å².